The van der Waals surface area contributed by atoms with Gasteiger partial charge in [-0.1, -0.05) is 30.3 Å². The van der Waals surface area contributed by atoms with Gasteiger partial charge in [0.1, 0.15) is 17.5 Å². The zero-order valence-electron chi connectivity index (χ0n) is 18.7. The van der Waals surface area contributed by atoms with Gasteiger partial charge in [-0.3, -0.25) is 9.59 Å². The van der Waals surface area contributed by atoms with Crippen LogP contribution in [0.5, 0.6) is 11.5 Å². The van der Waals surface area contributed by atoms with Crippen molar-refractivity contribution in [1.29, 1.82) is 0 Å². The number of benzene rings is 2. The van der Waals surface area contributed by atoms with Gasteiger partial charge in [-0.25, -0.2) is 0 Å². The number of methoxy groups -OCH3 is 1. The summed E-state index contributed by atoms with van der Waals surface area (Å²) in [5.41, 5.74) is 1.46. The topological polar surface area (TPSA) is 67.9 Å². The second kappa shape index (κ2) is 10.1. The van der Waals surface area contributed by atoms with Crippen LogP contribution in [0.2, 0.25) is 0 Å². The molecule has 2 amide bonds. The largest absolute Gasteiger partial charge is 0.497 e. The summed E-state index contributed by atoms with van der Waals surface area (Å²) < 4.78 is 10.9. The van der Waals surface area contributed by atoms with Crippen molar-refractivity contribution in [3.05, 3.63) is 59.7 Å². The number of hydrogen-bond donors (Lipinski definition) is 1. The summed E-state index contributed by atoms with van der Waals surface area (Å²) in [6.45, 7) is 9.54. The summed E-state index contributed by atoms with van der Waals surface area (Å²) in [5.74, 6) is 0.922. The molecular formula is C24H32N2O4. The fraction of sp³-hybridized carbons (Fsp3) is 0.417. The van der Waals surface area contributed by atoms with Crippen molar-refractivity contribution < 1.29 is 19.1 Å². The van der Waals surface area contributed by atoms with E-state index >= 15 is 0 Å². The summed E-state index contributed by atoms with van der Waals surface area (Å²) in [6.07, 6.45) is 0. The molecule has 0 spiro atoms. The molecule has 2 rings (SSSR count). The molecule has 1 atom stereocenters. The van der Waals surface area contributed by atoms with E-state index in [9.17, 15) is 9.59 Å². The quantitative estimate of drug-likeness (QED) is 0.718. The standard InChI is InChI=1S/C24H32N2O4/c1-17-9-7-8-10-21(17)30-16-22(27)26(18(2)23(28)25-24(3,4)5)15-19-11-13-20(29-6)14-12-19/h7-14,18H,15-16H2,1-6H3,(H,25,28)/t18-/m1/s1. The minimum absolute atomic E-state index is 0.145. The number of carbonyl (C=O) groups excluding carboxylic acids is 2. The first-order valence-electron chi connectivity index (χ1n) is 10.0. The van der Waals surface area contributed by atoms with E-state index in [2.05, 4.69) is 5.32 Å². The molecule has 0 unspecified atom stereocenters. The predicted octanol–water partition coefficient (Wildman–Crippen LogP) is 3.71. The lowest BCUT2D eigenvalue weighted by Gasteiger charge is -2.31. The summed E-state index contributed by atoms with van der Waals surface area (Å²) in [5, 5.41) is 2.95. The highest BCUT2D eigenvalue weighted by Crippen LogP contribution is 2.18. The van der Waals surface area contributed by atoms with E-state index in [0.29, 0.717) is 12.3 Å². The zero-order valence-corrected chi connectivity index (χ0v) is 18.7. The molecule has 6 heteroatoms. The Balaban J connectivity index is 2.18. The minimum atomic E-state index is -0.653. The third-order valence-electron chi connectivity index (χ3n) is 4.62. The maximum Gasteiger partial charge on any atom is 0.261 e. The molecule has 0 radical (unpaired) electrons. The summed E-state index contributed by atoms with van der Waals surface area (Å²) in [7, 11) is 1.60. The number of nitrogens with one attached hydrogen (secondary N) is 1. The average molecular weight is 413 g/mol. The molecule has 0 aliphatic heterocycles. The van der Waals surface area contributed by atoms with Gasteiger partial charge in [0.25, 0.3) is 5.91 Å². The Kier molecular flexibility index (Phi) is 7.86. The fourth-order valence-corrected chi connectivity index (χ4v) is 2.93. The van der Waals surface area contributed by atoms with Crippen LogP contribution in [0.4, 0.5) is 0 Å². The third kappa shape index (κ3) is 6.79. The Morgan fingerprint density at radius 2 is 1.70 bits per heavy atom. The van der Waals surface area contributed by atoms with Crippen LogP contribution in [0.3, 0.4) is 0 Å². The number of aryl methyl sites for hydroxylation is 1. The van der Waals surface area contributed by atoms with Gasteiger partial charge in [0.15, 0.2) is 6.61 Å². The first-order valence-corrected chi connectivity index (χ1v) is 10.0. The van der Waals surface area contributed by atoms with Crippen molar-refractivity contribution in [2.45, 2.75) is 52.7 Å². The maximum atomic E-state index is 13.1. The molecule has 0 aliphatic rings. The van der Waals surface area contributed by atoms with Gasteiger partial charge in [0.2, 0.25) is 5.91 Å². The Bertz CT molecular complexity index is 856. The number of para-hydroxylation sites is 1. The highest BCUT2D eigenvalue weighted by Gasteiger charge is 2.28. The molecule has 0 bridgehead atoms. The monoisotopic (exact) mass is 412 g/mol. The number of carbonyl (C=O) groups is 2. The smallest absolute Gasteiger partial charge is 0.261 e. The lowest BCUT2D eigenvalue weighted by molar-refractivity contribution is -0.142. The molecule has 162 valence electrons. The van der Waals surface area contributed by atoms with Crippen LogP contribution in [0, 0.1) is 6.92 Å². The molecule has 6 nitrogen and oxygen atoms in total. The van der Waals surface area contributed by atoms with Crippen molar-refractivity contribution in [3.8, 4) is 11.5 Å². The lowest BCUT2D eigenvalue weighted by Crippen LogP contribution is -2.53. The third-order valence-corrected chi connectivity index (χ3v) is 4.62. The van der Waals surface area contributed by atoms with Crippen LogP contribution < -0.4 is 14.8 Å². The second-order valence-corrected chi connectivity index (χ2v) is 8.34. The maximum absolute atomic E-state index is 13.1. The molecular weight excluding hydrogens is 380 g/mol. The Morgan fingerprint density at radius 3 is 2.27 bits per heavy atom. The van der Waals surface area contributed by atoms with Crippen molar-refractivity contribution in [2.24, 2.45) is 0 Å². The van der Waals surface area contributed by atoms with Crippen LogP contribution in [0.1, 0.15) is 38.8 Å². The summed E-state index contributed by atoms with van der Waals surface area (Å²) in [6, 6.07) is 14.3. The molecule has 1 N–H and O–H groups in total. The molecule has 2 aromatic rings. The van der Waals surface area contributed by atoms with Crippen LogP contribution >= 0.6 is 0 Å². The second-order valence-electron chi connectivity index (χ2n) is 8.34. The van der Waals surface area contributed by atoms with Gasteiger partial charge in [-0.2, -0.15) is 0 Å². The van der Waals surface area contributed by atoms with E-state index in [4.69, 9.17) is 9.47 Å². The van der Waals surface area contributed by atoms with E-state index in [1.807, 2.05) is 76.2 Å². The number of rotatable bonds is 8. The van der Waals surface area contributed by atoms with Gasteiger partial charge in [-0.15, -0.1) is 0 Å². The molecule has 0 aromatic heterocycles. The first kappa shape index (κ1) is 23.3. The molecule has 0 saturated heterocycles. The number of nitrogens with zero attached hydrogens (tertiary/aromatic N) is 1. The van der Waals surface area contributed by atoms with E-state index < -0.39 is 11.6 Å². The SMILES string of the molecule is COc1ccc(CN(C(=O)COc2ccccc2C)[C@H](C)C(=O)NC(C)(C)C)cc1. The number of ether oxygens (including phenoxy) is 2. The zero-order chi connectivity index (χ0) is 22.3. The highest BCUT2D eigenvalue weighted by molar-refractivity contribution is 5.88. The van der Waals surface area contributed by atoms with E-state index in [1.54, 1.807) is 18.9 Å². The van der Waals surface area contributed by atoms with Crippen LogP contribution in [-0.4, -0.2) is 42.0 Å². The average Bonchev–Trinajstić information content (AvgIpc) is 2.70. The highest BCUT2D eigenvalue weighted by atomic mass is 16.5. The molecule has 0 aliphatic carbocycles. The lowest BCUT2D eigenvalue weighted by atomic mass is 10.1. The predicted molar refractivity (Wildman–Crippen MR) is 118 cm³/mol. The number of hydrogen-bond acceptors (Lipinski definition) is 4. The molecule has 0 fully saturated rings. The molecule has 30 heavy (non-hydrogen) atoms. The van der Waals surface area contributed by atoms with E-state index in [-0.39, 0.29) is 18.4 Å². The molecule has 0 heterocycles. The summed E-state index contributed by atoms with van der Waals surface area (Å²) in [4.78, 5) is 27.4. The van der Waals surface area contributed by atoms with Crippen molar-refractivity contribution >= 4 is 11.8 Å². The Morgan fingerprint density at radius 1 is 1.07 bits per heavy atom. The van der Waals surface area contributed by atoms with Crippen molar-refractivity contribution in [1.82, 2.24) is 10.2 Å². The molecule has 2 aromatic carbocycles. The molecule has 0 saturated carbocycles. The van der Waals surface area contributed by atoms with Crippen molar-refractivity contribution in [2.75, 3.05) is 13.7 Å². The minimum Gasteiger partial charge on any atom is -0.497 e. The normalized spacial score (nSPS) is 12.1. The van der Waals surface area contributed by atoms with Crippen LogP contribution in [-0.2, 0) is 16.1 Å². The van der Waals surface area contributed by atoms with Gasteiger partial charge >= 0.3 is 0 Å². The summed E-state index contributed by atoms with van der Waals surface area (Å²) >= 11 is 0. The number of amides is 2. The van der Waals surface area contributed by atoms with Crippen molar-refractivity contribution in [3.63, 3.8) is 0 Å². The van der Waals surface area contributed by atoms with Gasteiger partial charge in [0, 0.05) is 12.1 Å². The van der Waals surface area contributed by atoms with Gasteiger partial charge in [0.05, 0.1) is 7.11 Å². The van der Waals surface area contributed by atoms with Crippen LogP contribution in [0.25, 0.3) is 0 Å². The van der Waals surface area contributed by atoms with E-state index in [1.165, 1.54) is 0 Å². The fourth-order valence-electron chi connectivity index (χ4n) is 2.93. The Hall–Kier alpha value is -3.02. The van der Waals surface area contributed by atoms with Gasteiger partial charge < -0.3 is 19.7 Å². The first-order chi connectivity index (χ1) is 14.1. The van der Waals surface area contributed by atoms with Gasteiger partial charge in [-0.05, 0) is 63.9 Å². The van der Waals surface area contributed by atoms with Crippen LogP contribution in [0.15, 0.2) is 48.5 Å². The van der Waals surface area contributed by atoms with E-state index in [0.717, 1.165) is 16.9 Å². The Labute approximate surface area is 179 Å².